The molecule has 128 valence electrons. The zero-order valence-corrected chi connectivity index (χ0v) is 18.6. The van der Waals surface area contributed by atoms with E-state index in [0.29, 0.717) is 0 Å². The largest absolute Gasteiger partial charge is 0.244 e. The van der Waals surface area contributed by atoms with Crippen molar-refractivity contribution in [2.45, 2.75) is 55.4 Å². The molecule has 0 amide bonds. The third kappa shape index (κ3) is 5.48. The Morgan fingerprint density at radius 3 is 0.905 bits per heavy atom. The fraction of sp³-hybridized carbons (Fsp3) is 1.00. The number of nitrogens with zero attached hydrogens (tertiary/aromatic N) is 2. The lowest BCUT2D eigenvalue weighted by molar-refractivity contribution is 1.27. The molecule has 0 spiro atoms. The zero-order valence-electron chi connectivity index (χ0n) is 15.9. The summed E-state index contributed by atoms with van der Waals surface area (Å²) in [6.45, 7) is 18.8. The van der Waals surface area contributed by atoms with Gasteiger partial charge in [-0.3, -0.25) is 0 Å². The van der Waals surface area contributed by atoms with Gasteiger partial charge >= 0.3 is 0 Å². The summed E-state index contributed by atoms with van der Waals surface area (Å²) in [4.78, 5) is 0. The first-order valence-electron chi connectivity index (χ1n) is 8.99. The molecule has 0 bridgehead atoms. The molecule has 0 N–H and O–H groups in total. The standard InChI is InChI=1S/C16H40N2P3/c1-9-19(10-2,11-3)17-21(15-7,16-8)18-20(12-4,13-5)14-6/h9-16H2,1-8H3/q+1. The molecule has 21 heavy (non-hydrogen) atoms. The Morgan fingerprint density at radius 1 is 0.524 bits per heavy atom. The van der Waals surface area contributed by atoms with Gasteiger partial charge in [0.05, 0.1) is 0 Å². The summed E-state index contributed by atoms with van der Waals surface area (Å²) in [5.41, 5.74) is 0. The maximum Gasteiger partial charge on any atom is 0.244 e. The minimum atomic E-state index is -1.45. The van der Waals surface area contributed by atoms with Crippen LogP contribution in [0.4, 0.5) is 0 Å². The Balaban J connectivity index is 6.20. The maximum atomic E-state index is 5.64. The Morgan fingerprint density at radius 2 is 0.762 bits per heavy atom. The topological polar surface area (TPSA) is 24.7 Å². The van der Waals surface area contributed by atoms with Crippen molar-refractivity contribution in [2.24, 2.45) is 9.03 Å². The highest BCUT2D eigenvalue weighted by Crippen LogP contribution is 2.74. The lowest BCUT2D eigenvalue weighted by Crippen LogP contribution is -2.01. The summed E-state index contributed by atoms with van der Waals surface area (Å²) < 4.78 is 11.3. The Hall–Kier alpha value is 0.890. The van der Waals surface area contributed by atoms with E-state index in [2.05, 4.69) is 55.4 Å². The first-order valence-corrected chi connectivity index (χ1v) is 15.6. The van der Waals surface area contributed by atoms with Crippen LogP contribution in [0.25, 0.3) is 0 Å². The second-order valence-electron chi connectivity index (χ2n) is 5.78. The molecule has 0 saturated heterocycles. The van der Waals surface area contributed by atoms with E-state index in [1.165, 1.54) is 49.3 Å². The van der Waals surface area contributed by atoms with E-state index in [-0.39, 0.29) is 0 Å². The fourth-order valence-corrected chi connectivity index (χ4v) is 17.2. The maximum absolute atomic E-state index is 5.64. The normalized spacial score (nSPS) is 13.3. The van der Waals surface area contributed by atoms with Crippen molar-refractivity contribution >= 4 is 21.7 Å². The van der Waals surface area contributed by atoms with Crippen molar-refractivity contribution in [1.29, 1.82) is 0 Å². The van der Waals surface area contributed by atoms with Crippen LogP contribution in [0.5, 0.6) is 0 Å². The molecule has 0 unspecified atom stereocenters. The van der Waals surface area contributed by atoms with Crippen LogP contribution in [0, 0.1) is 0 Å². The summed E-state index contributed by atoms with van der Waals surface area (Å²) in [5, 5.41) is 0. The molecule has 0 radical (unpaired) electrons. The molecular weight excluding hydrogens is 313 g/mol. The smallest absolute Gasteiger partial charge is 0.124 e. The summed E-state index contributed by atoms with van der Waals surface area (Å²) in [7, 11) is -3.68. The average molecular weight is 353 g/mol. The molecule has 0 aromatic heterocycles. The molecule has 2 nitrogen and oxygen atoms in total. The molecule has 5 heteroatoms. The van der Waals surface area contributed by atoms with Crippen LogP contribution in [-0.4, -0.2) is 49.3 Å². The Bertz CT molecular complexity index is 326. The van der Waals surface area contributed by atoms with Crippen LogP contribution in [0.1, 0.15) is 55.4 Å². The van der Waals surface area contributed by atoms with Gasteiger partial charge in [-0.15, -0.1) is 9.03 Å². The van der Waals surface area contributed by atoms with Gasteiger partial charge in [0.25, 0.3) is 0 Å². The minimum absolute atomic E-state index is 1.11. The van der Waals surface area contributed by atoms with Gasteiger partial charge in [0, 0.05) is 14.1 Å². The van der Waals surface area contributed by atoms with E-state index in [9.17, 15) is 0 Å². The van der Waals surface area contributed by atoms with Gasteiger partial charge < -0.3 is 0 Å². The first kappa shape index (κ1) is 21.9. The van der Waals surface area contributed by atoms with E-state index < -0.39 is 21.7 Å². The lowest BCUT2D eigenvalue weighted by atomic mass is 10.9. The summed E-state index contributed by atoms with van der Waals surface area (Å²) in [5.74, 6) is 0. The highest BCUT2D eigenvalue weighted by Gasteiger charge is 2.38. The Kier molecular flexibility index (Phi) is 10.3. The number of hydrogen-bond donors (Lipinski definition) is 0. The van der Waals surface area contributed by atoms with Crippen LogP contribution in [-0.2, 0) is 0 Å². The quantitative estimate of drug-likeness (QED) is 0.366. The molecule has 0 saturated carbocycles. The average Bonchev–Trinajstić information content (AvgIpc) is 2.57. The molecule has 0 atom stereocenters. The van der Waals surface area contributed by atoms with Gasteiger partial charge in [-0.2, -0.15) is 0 Å². The van der Waals surface area contributed by atoms with Gasteiger partial charge in [0.1, 0.15) is 12.3 Å². The van der Waals surface area contributed by atoms with E-state index in [0.717, 1.165) is 0 Å². The molecule has 0 fully saturated rings. The van der Waals surface area contributed by atoms with E-state index in [4.69, 9.17) is 9.03 Å². The second-order valence-corrected chi connectivity index (χ2v) is 18.4. The van der Waals surface area contributed by atoms with Crippen LogP contribution in [0.3, 0.4) is 0 Å². The minimum Gasteiger partial charge on any atom is -0.124 e. The van der Waals surface area contributed by atoms with Gasteiger partial charge in [-0.25, -0.2) is 0 Å². The van der Waals surface area contributed by atoms with Gasteiger partial charge in [0.2, 0.25) is 7.56 Å². The zero-order chi connectivity index (χ0) is 16.6. The van der Waals surface area contributed by atoms with Crippen LogP contribution in [0.2, 0.25) is 0 Å². The highest BCUT2D eigenvalue weighted by molar-refractivity contribution is 7.85. The number of hydrogen-bond acceptors (Lipinski definition) is 2. The van der Waals surface area contributed by atoms with E-state index in [1.807, 2.05) is 0 Å². The van der Waals surface area contributed by atoms with Crippen molar-refractivity contribution in [3.05, 3.63) is 0 Å². The monoisotopic (exact) mass is 353 g/mol. The van der Waals surface area contributed by atoms with Crippen molar-refractivity contribution in [2.75, 3.05) is 49.3 Å². The van der Waals surface area contributed by atoms with Crippen molar-refractivity contribution in [3.8, 4) is 0 Å². The predicted octanol–water partition coefficient (Wildman–Crippen LogP) is 7.40. The van der Waals surface area contributed by atoms with E-state index in [1.54, 1.807) is 0 Å². The van der Waals surface area contributed by atoms with Gasteiger partial charge in [0.15, 0.2) is 0 Å². The van der Waals surface area contributed by atoms with Gasteiger partial charge in [-0.05, 0) is 50.8 Å². The molecule has 0 aliphatic rings. The first-order chi connectivity index (χ1) is 9.90. The van der Waals surface area contributed by atoms with Crippen molar-refractivity contribution in [3.63, 3.8) is 0 Å². The third-order valence-electron chi connectivity index (χ3n) is 5.26. The molecule has 0 heterocycles. The summed E-state index contributed by atoms with van der Waals surface area (Å²) in [6.07, 6.45) is 10.0. The summed E-state index contributed by atoms with van der Waals surface area (Å²) >= 11 is 0. The van der Waals surface area contributed by atoms with Gasteiger partial charge in [-0.1, -0.05) is 41.5 Å². The van der Waals surface area contributed by atoms with Crippen LogP contribution >= 0.6 is 21.7 Å². The molecule has 0 aliphatic carbocycles. The van der Waals surface area contributed by atoms with Crippen LogP contribution in [0.15, 0.2) is 9.03 Å². The Labute approximate surface area is 135 Å². The van der Waals surface area contributed by atoms with Crippen molar-refractivity contribution in [1.82, 2.24) is 0 Å². The molecular formula is C16H40N2P3+. The molecule has 0 aromatic carbocycles. The highest BCUT2D eigenvalue weighted by atomic mass is 31.2. The van der Waals surface area contributed by atoms with Crippen LogP contribution < -0.4 is 0 Å². The number of rotatable bonds is 10. The molecule has 0 aliphatic heterocycles. The SMILES string of the molecule is CCP(CC)(CC)=N[P+](CC)(CC)N=P(CC)(CC)CC. The third-order valence-corrected chi connectivity index (χ3v) is 20.0. The fourth-order valence-electron chi connectivity index (χ4n) is 2.92. The second kappa shape index (κ2) is 9.90. The van der Waals surface area contributed by atoms with E-state index >= 15 is 0 Å². The molecule has 0 rings (SSSR count). The van der Waals surface area contributed by atoms with Crippen molar-refractivity contribution < 1.29 is 0 Å². The summed E-state index contributed by atoms with van der Waals surface area (Å²) in [6, 6.07) is 0. The predicted molar refractivity (Wildman–Crippen MR) is 110 cm³/mol. The lowest BCUT2D eigenvalue weighted by Gasteiger charge is -2.27. The molecule has 0 aromatic rings.